The maximum atomic E-state index is 12.5. The first-order valence-electron chi connectivity index (χ1n) is 7.81. The van der Waals surface area contributed by atoms with Crippen molar-refractivity contribution in [3.63, 3.8) is 0 Å². The third-order valence-electron chi connectivity index (χ3n) is 3.58. The molecule has 25 heavy (non-hydrogen) atoms. The number of rotatable bonds is 6. The second-order valence-electron chi connectivity index (χ2n) is 5.17. The highest BCUT2D eigenvalue weighted by Gasteiger charge is 2.21. The third-order valence-corrected chi connectivity index (χ3v) is 6.18. The molecule has 0 saturated carbocycles. The number of benzene rings is 2. The molecule has 0 atom stereocenters. The van der Waals surface area contributed by atoms with E-state index in [1.165, 1.54) is 4.31 Å². The zero-order valence-corrected chi connectivity index (χ0v) is 16.4. The van der Waals surface area contributed by atoms with E-state index >= 15 is 0 Å². The van der Waals surface area contributed by atoms with Gasteiger partial charge in [0.05, 0.1) is 15.6 Å². The third kappa shape index (κ3) is 4.92. The van der Waals surface area contributed by atoms with E-state index in [-0.39, 0.29) is 4.90 Å². The summed E-state index contributed by atoms with van der Waals surface area (Å²) in [5.74, 6) is 0. The lowest BCUT2D eigenvalue weighted by Crippen LogP contribution is -2.30. The second-order valence-corrected chi connectivity index (χ2v) is 7.93. The van der Waals surface area contributed by atoms with Gasteiger partial charge in [0.25, 0.3) is 0 Å². The number of nitrogens with one attached hydrogen (secondary N) is 2. The minimum absolute atomic E-state index is 0.256. The molecule has 2 N–H and O–H groups in total. The highest BCUT2D eigenvalue weighted by Crippen LogP contribution is 2.21. The summed E-state index contributed by atoms with van der Waals surface area (Å²) in [7, 11) is -3.46. The van der Waals surface area contributed by atoms with Crippen LogP contribution in [0.1, 0.15) is 13.8 Å². The molecule has 0 fully saturated rings. The molecule has 0 radical (unpaired) electrons. The van der Waals surface area contributed by atoms with Crippen LogP contribution >= 0.6 is 23.8 Å². The van der Waals surface area contributed by atoms with Crippen LogP contribution < -0.4 is 10.6 Å². The Morgan fingerprint density at radius 3 is 2.20 bits per heavy atom. The van der Waals surface area contributed by atoms with Crippen LogP contribution in [0.3, 0.4) is 0 Å². The fourth-order valence-corrected chi connectivity index (χ4v) is 4.14. The number of nitrogens with zero attached hydrogens (tertiary/aromatic N) is 1. The Hall–Kier alpha value is -1.67. The van der Waals surface area contributed by atoms with Crippen molar-refractivity contribution >= 4 is 50.3 Å². The minimum Gasteiger partial charge on any atom is -0.332 e. The average molecular weight is 398 g/mol. The molecule has 2 rings (SSSR count). The molecule has 0 bridgehead atoms. The van der Waals surface area contributed by atoms with Crippen molar-refractivity contribution in [3.8, 4) is 0 Å². The monoisotopic (exact) mass is 397 g/mol. The van der Waals surface area contributed by atoms with Crippen LogP contribution in [0.15, 0.2) is 53.4 Å². The summed E-state index contributed by atoms with van der Waals surface area (Å²) in [6, 6.07) is 13.7. The summed E-state index contributed by atoms with van der Waals surface area (Å²) in [5, 5.41) is 6.94. The Balaban J connectivity index is 2.08. The van der Waals surface area contributed by atoms with E-state index in [9.17, 15) is 8.42 Å². The maximum absolute atomic E-state index is 12.5. The first kappa shape index (κ1) is 19.7. The molecule has 134 valence electrons. The minimum atomic E-state index is -3.46. The molecule has 0 unspecified atom stereocenters. The largest absolute Gasteiger partial charge is 0.332 e. The Morgan fingerprint density at radius 2 is 1.64 bits per heavy atom. The fourth-order valence-electron chi connectivity index (χ4n) is 2.27. The van der Waals surface area contributed by atoms with Gasteiger partial charge in [-0.1, -0.05) is 37.6 Å². The molecule has 5 nitrogen and oxygen atoms in total. The first-order valence-corrected chi connectivity index (χ1v) is 10.0. The number of hydrogen-bond donors (Lipinski definition) is 2. The van der Waals surface area contributed by atoms with Crippen LogP contribution in [0, 0.1) is 0 Å². The zero-order valence-electron chi connectivity index (χ0n) is 14.0. The molecular weight excluding hydrogens is 378 g/mol. The molecule has 2 aromatic carbocycles. The standard InChI is InChI=1S/C17H20ClN3O2S2/c1-3-21(4-2)25(22,23)14-11-9-13(10-12-14)19-17(24)20-16-8-6-5-7-15(16)18/h5-12H,3-4H2,1-2H3,(H2,19,20,24). The lowest BCUT2D eigenvalue weighted by molar-refractivity contribution is 0.445. The second kappa shape index (κ2) is 8.62. The molecule has 8 heteroatoms. The average Bonchev–Trinajstić information content (AvgIpc) is 2.58. The number of thiocarbonyl (C=S) groups is 1. The van der Waals surface area contributed by atoms with Gasteiger partial charge in [-0.2, -0.15) is 4.31 Å². The number of anilines is 2. The van der Waals surface area contributed by atoms with Gasteiger partial charge in [0.2, 0.25) is 10.0 Å². The van der Waals surface area contributed by atoms with Gasteiger partial charge in [-0.25, -0.2) is 8.42 Å². The summed E-state index contributed by atoms with van der Waals surface area (Å²) >= 11 is 11.3. The van der Waals surface area contributed by atoms with Crippen molar-refractivity contribution in [1.82, 2.24) is 4.31 Å². The topological polar surface area (TPSA) is 61.4 Å². The van der Waals surface area contributed by atoms with E-state index in [0.717, 1.165) is 0 Å². The van der Waals surface area contributed by atoms with Crippen LogP contribution in [-0.2, 0) is 10.0 Å². The van der Waals surface area contributed by atoms with E-state index in [1.54, 1.807) is 30.3 Å². The summed E-state index contributed by atoms with van der Waals surface area (Å²) in [6.07, 6.45) is 0. The maximum Gasteiger partial charge on any atom is 0.243 e. The van der Waals surface area contributed by atoms with Crippen LogP contribution in [0.25, 0.3) is 0 Å². The number of sulfonamides is 1. The van der Waals surface area contributed by atoms with Gasteiger partial charge in [-0.3, -0.25) is 0 Å². The summed E-state index contributed by atoms with van der Waals surface area (Å²) in [5.41, 5.74) is 1.38. The van der Waals surface area contributed by atoms with Gasteiger partial charge in [-0.05, 0) is 48.6 Å². The van der Waals surface area contributed by atoms with Crippen molar-refractivity contribution < 1.29 is 8.42 Å². The Kier molecular flexibility index (Phi) is 6.78. The Labute approximate surface area is 159 Å². The number of para-hydroxylation sites is 1. The van der Waals surface area contributed by atoms with Crippen LogP contribution in [0.4, 0.5) is 11.4 Å². The number of hydrogen-bond acceptors (Lipinski definition) is 3. The van der Waals surface area contributed by atoms with Crippen molar-refractivity contribution in [2.75, 3.05) is 23.7 Å². The van der Waals surface area contributed by atoms with Gasteiger partial charge in [0.15, 0.2) is 5.11 Å². The Morgan fingerprint density at radius 1 is 1.04 bits per heavy atom. The quantitative estimate of drug-likeness (QED) is 0.716. The molecule has 0 aliphatic heterocycles. The van der Waals surface area contributed by atoms with Crippen molar-refractivity contribution in [2.24, 2.45) is 0 Å². The molecule has 0 aromatic heterocycles. The van der Waals surface area contributed by atoms with Gasteiger partial charge in [0, 0.05) is 18.8 Å². The molecule has 0 spiro atoms. The zero-order chi connectivity index (χ0) is 18.4. The Bertz CT molecular complexity index is 835. The molecular formula is C17H20ClN3O2S2. The van der Waals surface area contributed by atoms with E-state index in [2.05, 4.69) is 10.6 Å². The molecule has 0 amide bonds. The predicted octanol–water partition coefficient (Wildman–Crippen LogP) is 4.18. The van der Waals surface area contributed by atoms with Crippen LogP contribution in [0.5, 0.6) is 0 Å². The van der Waals surface area contributed by atoms with Gasteiger partial charge < -0.3 is 10.6 Å². The highest BCUT2D eigenvalue weighted by atomic mass is 35.5. The molecule has 0 saturated heterocycles. The van der Waals surface area contributed by atoms with E-state index in [1.807, 2.05) is 32.0 Å². The predicted molar refractivity (Wildman–Crippen MR) is 108 cm³/mol. The van der Waals surface area contributed by atoms with Crippen molar-refractivity contribution in [2.45, 2.75) is 18.7 Å². The van der Waals surface area contributed by atoms with Gasteiger partial charge in [0.1, 0.15) is 0 Å². The summed E-state index contributed by atoms with van der Waals surface area (Å²) in [4.78, 5) is 0.256. The van der Waals surface area contributed by atoms with Crippen molar-refractivity contribution in [3.05, 3.63) is 53.6 Å². The smallest absolute Gasteiger partial charge is 0.243 e. The number of halogens is 1. The van der Waals surface area contributed by atoms with E-state index in [0.29, 0.717) is 34.6 Å². The van der Waals surface area contributed by atoms with Gasteiger partial charge in [-0.15, -0.1) is 0 Å². The van der Waals surface area contributed by atoms with Crippen LogP contribution in [-0.4, -0.2) is 30.9 Å². The van der Waals surface area contributed by atoms with Crippen LogP contribution in [0.2, 0.25) is 5.02 Å². The highest BCUT2D eigenvalue weighted by molar-refractivity contribution is 7.89. The molecule has 0 aliphatic carbocycles. The SMILES string of the molecule is CCN(CC)S(=O)(=O)c1ccc(NC(=S)Nc2ccccc2Cl)cc1. The summed E-state index contributed by atoms with van der Waals surface area (Å²) in [6.45, 7) is 4.50. The molecule has 2 aromatic rings. The van der Waals surface area contributed by atoms with Crippen molar-refractivity contribution in [1.29, 1.82) is 0 Å². The molecule has 0 aliphatic rings. The van der Waals surface area contributed by atoms with Gasteiger partial charge >= 0.3 is 0 Å². The van der Waals surface area contributed by atoms with E-state index in [4.69, 9.17) is 23.8 Å². The fraction of sp³-hybridized carbons (Fsp3) is 0.235. The lowest BCUT2D eigenvalue weighted by atomic mass is 10.3. The summed E-state index contributed by atoms with van der Waals surface area (Å²) < 4.78 is 26.3. The van der Waals surface area contributed by atoms with E-state index < -0.39 is 10.0 Å². The first-order chi connectivity index (χ1) is 11.9. The molecule has 0 heterocycles. The lowest BCUT2D eigenvalue weighted by Gasteiger charge is -2.18. The normalized spacial score (nSPS) is 11.4.